The lowest BCUT2D eigenvalue weighted by Gasteiger charge is -2.13. The van der Waals surface area contributed by atoms with Gasteiger partial charge in [0.15, 0.2) is 17.1 Å². The zero-order valence-electron chi connectivity index (χ0n) is 19.8. The maximum absolute atomic E-state index is 14.5. The number of hydrogen-bond acceptors (Lipinski definition) is 7. The molecule has 0 amide bonds. The number of imidazole rings is 1. The first-order chi connectivity index (χ1) is 17.8. The Kier molecular flexibility index (Phi) is 5.78. The second kappa shape index (κ2) is 9.14. The Morgan fingerprint density at radius 3 is 2.81 bits per heavy atom. The topological polar surface area (TPSA) is 141 Å². The molecule has 0 bridgehead atoms. The first kappa shape index (κ1) is 23.4. The number of rotatable bonds is 6. The lowest BCUT2D eigenvalue weighted by atomic mass is 10.0. The van der Waals surface area contributed by atoms with Gasteiger partial charge >= 0.3 is 0 Å². The van der Waals surface area contributed by atoms with Crippen LogP contribution >= 0.6 is 0 Å². The Morgan fingerprint density at radius 1 is 1.11 bits per heavy atom. The summed E-state index contributed by atoms with van der Waals surface area (Å²) in [6, 6.07) is 8.27. The van der Waals surface area contributed by atoms with E-state index in [0.29, 0.717) is 45.0 Å². The van der Waals surface area contributed by atoms with Crippen LogP contribution in [0.1, 0.15) is 17.5 Å². The lowest BCUT2D eigenvalue weighted by Crippen LogP contribution is -2.21. The van der Waals surface area contributed by atoms with Crippen LogP contribution in [0.5, 0.6) is 0 Å². The summed E-state index contributed by atoms with van der Waals surface area (Å²) in [4.78, 5) is 16.9. The van der Waals surface area contributed by atoms with Crippen molar-refractivity contribution in [1.82, 2.24) is 40.2 Å². The van der Waals surface area contributed by atoms with Gasteiger partial charge in [-0.15, -0.1) is 0 Å². The third kappa shape index (κ3) is 4.73. The van der Waals surface area contributed by atoms with Crippen molar-refractivity contribution in [3.05, 3.63) is 65.7 Å². The molecule has 188 valence electrons. The van der Waals surface area contributed by atoms with Crippen molar-refractivity contribution in [2.45, 2.75) is 13.0 Å². The molecule has 12 heteroatoms. The van der Waals surface area contributed by atoms with Crippen LogP contribution in [0.2, 0.25) is 0 Å². The highest BCUT2D eigenvalue weighted by molar-refractivity contribution is 7.88. The van der Waals surface area contributed by atoms with Gasteiger partial charge in [0.1, 0.15) is 11.5 Å². The minimum atomic E-state index is -3.42. The summed E-state index contributed by atoms with van der Waals surface area (Å²) in [5, 5.41) is 11.5. The Hall–Kier alpha value is -4.00. The number of sulfonamides is 1. The van der Waals surface area contributed by atoms with Crippen molar-refractivity contribution < 1.29 is 12.8 Å². The molecular weight excluding hydrogens is 495 g/mol. The Labute approximate surface area is 211 Å². The fraction of sp³-hybridized carbons (Fsp3) is 0.200. The number of nitrogens with one attached hydrogen (secondary N) is 4. The van der Waals surface area contributed by atoms with Gasteiger partial charge in [-0.05, 0) is 65.6 Å². The Morgan fingerprint density at radius 2 is 2.00 bits per heavy atom. The van der Waals surface area contributed by atoms with E-state index in [9.17, 15) is 12.8 Å². The second-order valence-corrected chi connectivity index (χ2v) is 10.8. The molecule has 0 unspecified atom stereocenters. The van der Waals surface area contributed by atoms with Crippen molar-refractivity contribution in [1.29, 1.82) is 0 Å². The number of H-pyrrole nitrogens is 2. The summed E-state index contributed by atoms with van der Waals surface area (Å²) >= 11 is 0. The van der Waals surface area contributed by atoms with E-state index in [2.05, 4.69) is 52.3 Å². The van der Waals surface area contributed by atoms with Crippen LogP contribution in [-0.2, 0) is 16.6 Å². The fourth-order valence-corrected chi connectivity index (χ4v) is 4.96. The Balaban J connectivity index is 1.42. The molecule has 0 spiro atoms. The molecule has 0 radical (unpaired) electrons. The van der Waals surface area contributed by atoms with Gasteiger partial charge in [0.25, 0.3) is 0 Å². The van der Waals surface area contributed by atoms with Crippen LogP contribution in [0.3, 0.4) is 0 Å². The van der Waals surface area contributed by atoms with Gasteiger partial charge in [-0.1, -0.05) is 6.08 Å². The van der Waals surface area contributed by atoms with E-state index in [0.717, 1.165) is 36.7 Å². The van der Waals surface area contributed by atoms with Gasteiger partial charge in [0, 0.05) is 31.0 Å². The van der Waals surface area contributed by atoms with Gasteiger partial charge < -0.3 is 10.3 Å². The van der Waals surface area contributed by atoms with E-state index in [1.807, 2.05) is 6.20 Å². The normalized spacial score (nSPS) is 14.4. The number of nitrogens with zero attached hydrogens (tertiary/aromatic N) is 4. The molecular formula is C25H23FN8O2S. The molecule has 0 saturated heterocycles. The van der Waals surface area contributed by atoms with Gasteiger partial charge in [-0.25, -0.2) is 32.5 Å². The highest BCUT2D eigenvalue weighted by atomic mass is 32.2. The number of halogens is 1. The van der Waals surface area contributed by atoms with Gasteiger partial charge in [0.05, 0.1) is 17.2 Å². The Bertz CT molecular complexity index is 1790. The first-order valence-corrected chi connectivity index (χ1v) is 13.6. The number of pyridine rings is 2. The largest absolute Gasteiger partial charge is 0.335 e. The third-order valence-electron chi connectivity index (χ3n) is 6.28. The summed E-state index contributed by atoms with van der Waals surface area (Å²) in [6.45, 7) is 1.73. The molecule has 5 aromatic rings. The van der Waals surface area contributed by atoms with Crippen LogP contribution in [0.15, 0.2) is 48.8 Å². The standard InChI is InChI=1S/C25H23FN8O2S/c1-37(35,36)30-12-14-8-16(10-18(26)9-14)19-4-7-28-24-21(19)31-25(32-24)22-20-11-17(13-29-23(20)34-33-22)15-2-5-27-6-3-15/h2,4,7-11,13,27,30H,3,5-6,12H2,1H3,(H,28,31,32)(H,29,33,34). The molecule has 5 heterocycles. The molecule has 0 saturated carbocycles. The zero-order valence-corrected chi connectivity index (χ0v) is 20.7. The monoisotopic (exact) mass is 518 g/mol. The third-order valence-corrected chi connectivity index (χ3v) is 6.95. The maximum atomic E-state index is 14.5. The highest BCUT2D eigenvalue weighted by Gasteiger charge is 2.18. The molecule has 0 atom stereocenters. The molecule has 0 aliphatic carbocycles. The quantitative estimate of drug-likeness (QED) is 0.271. The molecule has 4 aromatic heterocycles. The maximum Gasteiger partial charge on any atom is 0.209 e. The van der Waals surface area contributed by atoms with Crippen molar-refractivity contribution in [3.63, 3.8) is 0 Å². The smallest absolute Gasteiger partial charge is 0.209 e. The van der Waals surface area contributed by atoms with Crippen LogP contribution < -0.4 is 10.0 Å². The SMILES string of the molecule is CS(=O)(=O)NCc1cc(F)cc(-c2ccnc3nc(-c4[nH]nc5ncc(C6=CCNCC6)cc45)[nH]c23)c1. The molecule has 1 aromatic carbocycles. The number of hydrogen-bond donors (Lipinski definition) is 4. The van der Waals surface area contributed by atoms with Crippen molar-refractivity contribution in [2.75, 3.05) is 19.3 Å². The summed E-state index contributed by atoms with van der Waals surface area (Å²) in [5.41, 5.74) is 6.38. The van der Waals surface area contributed by atoms with E-state index in [1.54, 1.807) is 18.3 Å². The average Bonchev–Trinajstić information content (AvgIpc) is 3.51. The minimum Gasteiger partial charge on any atom is -0.335 e. The number of fused-ring (bicyclic) bond motifs is 2. The molecule has 1 aliphatic heterocycles. The zero-order chi connectivity index (χ0) is 25.6. The van der Waals surface area contributed by atoms with Gasteiger partial charge in [-0.2, -0.15) is 5.10 Å². The van der Waals surface area contributed by atoms with E-state index in [4.69, 9.17) is 0 Å². The number of aromatic nitrogens is 6. The molecule has 4 N–H and O–H groups in total. The predicted octanol–water partition coefficient (Wildman–Crippen LogP) is 3.13. The van der Waals surface area contributed by atoms with Crippen molar-refractivity contribution >= 4 is 37.8 Å². The molecule has 6 rings (SSSR count). The van der Waals surface area contributed by atoms with Crippen LogP contribution in [0.25, 0.3) is 50.4 Å². The van der Waals surface area contributed by atoms with E-state index >= 15 is 0 Å². The van der Waals surface area contributed by atoms with Crippen molar-refractivity contribution in [2.24, 2.45) is 0 Å². The van der Waals surface area contributed by atoms with Crippen molar-refractivity contribution in [3.8, 4) is 22.6 Å². The molecule has 37 heavy (non-hydrogen) atoms. The van der Waals surface area contributed by atoms with Crippen LogP contribution in [0.4, 0.5) is 4.39 Å². The lowest BCUT2D eigenvalue weighted by molar-refractivity contribution is 0.586. The van der Waals surface area contributed by atoms with Crippen LogP contribution in [0, 0.1) is 5.82 Å². The second-order valence-electron chi connectivity index (χ2n) is 8.96. The summed E-state index contributed by atoms with van der Waals surface area (Å²) in [7, 11) is -3.42. The van der Waals surface area contributed by atoms with Crippen LogP contribution in [-0.4, -0.2) is 57.9 Å². The predicted molar refractivity (Wildman–Crippen MR) is 139 cm³/mol. The fourth-order valence-electron chi connectivity index (χ4n) is 4.53. The van der Waals surface area contributed by atoms with Gasteiger partial charge in [-0.3, -0.25) is 5.10 Å². The number of benzene rings is 1. The molecule has 10 nitrogen and oxygen atoms in total. The van der Waals surface area contributed by atoms with Gasteiger partial charge in [0.2, 0.25) is 10.0 Å². The number of aromatic amines is 2. The minimum absolute atomic E-state index is 0.0198. The summed E-state index contributed by atoms with van der Waals surface area (Å²) in [5.74, 6) is 0.0592. The summed E-state index contributed by atoms with van der Waals surface area (Å²) < 4.78 is 39.9. The summed E-state index contributed by atoms with van der Waals surface area (Å²) in [6.07, 6.45) is 7.60. The van der Waals surface area contributed by atoms with E-state index in [1.165, 1.54) is 17.7 Å². The highest BCUT2D eigenvalue weighted by Crippen LogP contribution is 2.32. The van der Waals surface area contributed by atoms with E-state index < -0.39 is 15.8 Å². The molecule has 0 fully saturated rings. The first-order valence-electron chi connectivity index (χ1n) is 11.7. The average molecular weight is 519 g/mol. The van der Waals surface area contributed by atoms with E-state index in [-0.39, 0.29) is 6.54 Å². The molecule has 1 aliphatic rings.